The monoisotopic (exact) mass is 344 g/mol. The van der Waals surface area contributed by atoms with Gasteiger partial charge in [-0.3, -0.25) is 4.79 Å². The maximum absolute atomic E-state index is 12.9. The molecule has 0 spiro atoms. The number of carbonyl (C=O) groups is 1. The number of likely N-dealkylation sites (tertiary alicyclic amines) is 2. The molecule has 2 atom stereocenters. The fraction of sp³-hybridized carbons (Fsp3) is 0.667. The van der Waals surface area contributed by atoms with Gasteiger partial charge >= 0.3 is 0 Å². The molecule has 1 aromatic carbocycles. The van der Waals surface area contributed by atoms with Crippen molar-refractivity contribution in [2.75, 3.05) is 45.9 Å². The highest BCUT2D eigenvalue weighted by Gasteiger charge is 2.33. The third-order valence-electron chi connectivity index (χ3n) is 5.57. The van der Waals surface area contributed by atoms with Crippen molar-refractivity contribution >= 4 is 5.91 Å². The molecule has 2 fully saturated rings. The van der Waals surface area contributed by atoms with Crippen LogP contribution in [0.1, 0.15) is 31.7 Å². The van der Waals surface area contributed by atoms with Gasteiger partial charge in [0.1, 0.15) is 0 Å². The average Bonchev–Trinajstić information content (AvgIpc) is 3.14. The lowest BCUT2D eigenvalue weighted by molar-refractivity contribution is -0.136. The molecular weight excluding hydrogens is 312 g/mol. The zero-order valence-electron chi connectivity index (χ0n) is 15.5. The van der Waals surface area contributed by atoms with Gasteiger partial charge in [-0.25, -0.2) is 0 Å². The Morgan fingerprint density at radius 1 is 1.16 bits per heavy atom. The number of benzene rings is 1. The number of amides is 1. The second-order valence-electron chi connectivity index (χ2n) is 7.47. The van der Waals surface area contributed by atoms with Gasteiger partial charge in [0, 0.05) is 38.7 Å². The van der Waals surface area contributed by atoms with E-state index < -0.39 is 0 Å². The van der Waals surface area contributed by atoms with Crippen LogP contribution in [-0.4, -0.2) is 61.6 Å². The first kappa shape index (κ1) is 18.4. The minimum Gasteiger partial charge on any atom is -0.381 e. The van der Waals surface area contributed by atoms with Crippen molar-refractivity contribution in [2.24, 2.45) is 11.8 Å². The number of nitrogens with zero attached hydrogens (tertiary/aromatic N) is 2. The summed E-state index contributed by atoms with van der Waals surface area (Å²) in [6.45, 7) is 8.51. The van der Waals surface area contributed by atoms with Gasteiger partial charge in [0.2, 0.25) is 5.91 Å². The highest BCUT2D eigenvalue weighted by molar-refractivity contribution is 5.79. The Hall–Kier alpha value is -1.39. The number of rotatable bonds is 7. The highest BCUT2D eigenvalue weighted by Crippen LogP contribution is 2.24. The van der Waals surface area contributed by atoms with E-state index in [0.29, 0.717) is 11.8 Å². The van der Waals surface area contributed by atoms with Crippen LogP contribution in [0.5, 0.6) is 0 Å². The molecule has 3 rings (SSSR count). The minimum absolute atomic E-state index is 0.190. The summed E-state index contributed by atoms with van der Waals surface area (Å²) in [7, 11) is 0. The van der Waals surface area contributed by atoms with Gasteiger partial charge < -0.3 is 14.5 Å². The number of ether oxygens (including phenoxy) is 1. The van der Waals surface area contributed by atoms with E-state index in [1.807, 2.05) is 6.92 Å². The quantitative estimate of drug-likeness (QED) is 0.762. The number of carbonyl (C=O) groups excluding carboxylic acids is 1. The van der Waals surface area contributed by atoms with Crippen molar-refractivity contribution in [3.05, 3.63) is 35.9 Å². The number of piperidine rings is 1. The van der Waals surface area contributed by atoms with E-state index in [9.17, 15) is 4.79 Å². The molecular formula is C21H32N2O2. The molecule has 2 saturated heterocycles. The second kappa shape index (κ2) is 9.35. The van der Waals surface area contributed by atoms with Crippen LogP contribution in [0, 0.1) is 11.8 Å². The lowest BCUT2D eigenvalue weighted by Gasteiger charge is -2.34. The summed E-state index contributed by atoms with van der Waals surface area (Å²) in [5.41, 5.74) is 1.38. The highest BCUT2D eigenvalue weighted by atomic mass is 16.5. The molecule has 0 saturated carbocycles. The van der Waals surface area contributed by atoms with Crippen LogP contribution in [0.4, 0.5) is 0 Å². The second-order valence-corrected chi connectivity index (χ2v) is 7.47. The van der Waals surface area contributed by atoms with Crippen molar-refractivity contribution in [2.45, 2.75) is 32.6 Å². The predicted molar refractivity (Wildman–Crippen MR) is 100 cm³/mol. The van der Waals surface area contributed by atoms with Gasteiger partial charge in [-0.05, 0) is 44.7 Å². The van der Waals surface area contributed by atoms with Crippen LogP contribution in [0.2, 0.25) is 0 Å². The Labute approximate surface area is 152 Å². The molecule has 1 amide bonds. The summed E-state index contributed by atoms with van der Waals surface area (Å²) in [6, 6.07) is 10.6. The van der Waals surface area contributed by atoms with Gasteiger partial charge in [0.05, 0.1) is 12.5 Å². The fourth-order valence-electron chi connectivity index (χ4n) is 4.10. The summed E-state index contributed by atoms with van der Waals surface area (Å²) in [5.74, 6) is 1.10. The molecule has 0 unspecified atom stereocenters. The van der Waals surface area contributed by atoms with E-state index >= 15 is 0 Å². The van der Waals surface area contributed by atoms with E-state index in [1.54, 1.807) is 0 Å². The molecule has 0 radical (unpaired) electrons. The van der Waals surface area contributed by atoms with Gasteiger partial charge in [0.15, 0.2) is 0 Å². The zero-order valence-corrected chi connectivity index (χ0v) is 15.5. The maximum Gasteiger partial charge on any atom is 0.226 e. The Bertz CT molecular complexity index is 534. The van der Waals surface area contributed by atoms with E-state index in [1.165, 1.54) is 5.56 Å². The molecule has 2 aliphatic rings. The molecule has 4 nitrogen and oxygen atoms in total. The Morgan fingerprint density at radius 3 is 2.80 bits per heavy atom. The van der Waals surface area contributed by atoms with Crippen molar-refractivity contribution in [1.82, 2.24) is 9.80 Å². The summed E-state index contributed by atoms with van der Waals surface area (Å²) in [5, 5.41) is 0. The number of hydrogen-bond donors (Lipinski definition) is 0. The average molecular weight is 344 g/mol. The molecule has 4 heteroatoms. The van der Waals surface area contributed by atoms with E-state index in [2.05, 4.69) is 40.1 Å². The molecule has 2 heterocycles. The minimum atomic E-state index is 0.190. The van der Waals surface area contributed by atoms with Crippen LogP contribution < -0.4 is 0 Å². The van der Waals surface area contributed by atoms with Crippen molar-refractivity contribution in [3.8, 4) is 0 Å². The van der Waals surface area contributed by atoms with Gasteiger partial charge in [0.25, 0.3) is 0 Å². The topological polar surface area (TPSA) is 32.8 Å². The van der Waals surface area contributed by atoms with Crippen molar-refractivity contribution in [3.63, 3.8) is 0 Å². The maximum atomic E-state index is 12.9. The third-order valence-corrected chi connectivity index (χ3v) is 5.57. The largest absolute Gasteiger partial charge is 0.381 e. The number of hydrogen-bond acceptors (Lipinski definition) is 3. The Kier molecular flexibility index (Phi) is 6.88. The first-order valence-corrected chi connectivity index (χ1v) is 9.89. The summed E-state index contributed by atoms with van der Waals surface area (Å²) in [6.07, 6.45) is 4.35. The van der Waals surface area contributed by atoms with E-state index in [-0.39, 0.29) is 5.92 Å². The standard InChI is InChI=1S/C21H32N2O2/c1-2-25-17-19-11-14-23(15-19)21(24)20-9-6-12-22(16-20)13-10-18-7-4-3-5-8-18/h3-5,7-8,19-20H,2,6,9-17H2,1H3/t19-,20-/m0/s1. The van der Waals surface area contributed by atoms with Crippen molar-refractivity contribution in [1.29, 1.82) is 0 Å². The van der Waals surface area contributed by atoms with Crippen LogP contribution in [0.15, 0.2) is 30.3 Å². The summed E-state index contributed by atoms with van der Waals surface area (Å²) < 4.78 is 5.54. The Balaban J connectivity index is 1.45. The smallest absolute Gasteiger partial charge is 0.226 e. The van der Waals surface area contributed by atoms with Crippen LogP contribution in [0.3, 0.4) is 0 Å². The van der Waals surface area contributed by atoms with Crippen LogP contribution in [-0.2, 0) is 16.0 Å². The van der Waals surface area contributed by atoms with E-state index in [0.717, 1.165) is 71.6 Å². The molecule has 25 heavy (non-hydrogen) atoms. The molecule has 138 valence electrons. The lowest BCUT2D eigenvalue weighted by atomic mass is 9.96. The predicted octanol–water partition coefficient (Wildman–Crippen LogP) is 2.83. The molecule has 0 bridgehead atoms. The molecule has 1 aromatic rings. The normalized spacial score (nSPS) is 24.6. The molecule has 0 aromatic heterocycles. The first-order chi connectivity index (χ1) is 12.3. The molecule has 2 aliphatic heterocycles. The Morgan fingerprint density at radius 2 is 2.00 bits per heavy atom. The molecule has 0 aliphatic carbocycles. The van der Waals surface area contributed by atoms with Crippen LogP contribution in [0.25, 0.3) is 0 Å². The van der Waals surface area contributed by atoms with Gasteiger partial charge in [-0.15, -0.1) is 0 Å². The first-order valence-electron chi connectivity index (χ1n) is 9.89. The lowest BCUT2D eigenvalue weighted by Crippen LogP contribution is -2.44. The SMILES string of the molecule is CCOC[C@H]1CCN(C(=O)[C@H]2CCCN(CCc3ccccc3)C2)C1. The van der Waals surface area contributed by atoms with Crippen LogP contribution >= 0.6 is 0 Å². The fourth-order valence-corrected chi connectivity index (χ4v) is 4.10. The zero-order chi connectivity index (χ0) is 17.5. The summed E-state index contributed by atoms with van der Waals surface area (Å²) in [4.78, 5) is 17.5. The van der Waals surface area contributed by atoms with Gasteiger partial charge in [-0.1, -0.05) is 30.3 Å². The molecule has 0 N–H and O–H groups in total. The third kappa shape index (κ3) is 5.29. The van der Waals surface area contributed by atoms with Gasteiger partial charge in [-0.2, -0.15) is 0 Å². The van der Waals surface area contributed by atoms with E-state index in [4.69, 9.17) is 4.74 Å². The summed E-state index contributed by atoms with van der Waals surface area (Å²) >= 11 is 0. The van der Waals surface area contributed by atoms with Crippen molar-refractivity contribution < 1.29 is 9.53 Å².